The molecule has 0 aliphatic carbocycles. The lowest BCUT2D eigenvalue weighted by atomic mass is 10.1. The van der Waals surface area contributed by atoms with Gasteiger partial charge < -0.3 is 15.4 Å². The van der Waals surface area contributed by atoms with Crippen LogP contribution in [0.5, 0.6) is 5.75 Å². The zero-order valence-corrected chi connectivity index (χ0v) is 15.1. The smallest absolute Gasteiger partial charge is 0.267 e. The van der Waals surface area contributed by atoms with Crippen LogP contribution in [0.3, 0.4) is 0 Å². The third-order valence-electron chi connectivity index (χ3n) is 3.59. The van der Waals surface area contributed by atoms with Crippen molar-refractivity contribution in [3.63, 3.8) is 0 Å². The minimum Gasteiger partial charge on any atom is -0.497 e. The Morgan fingerprint density at radius 1 is 1.04 bits per heavy atom. The fourth-order valence-corrected chi connectivity index (χ4v) is 3.01. The van der Waals surface area contributed by atoms with E-state index in [-0.39, 0.29) is 11.8 Å². The first-order chi connectivity index (χ1) is 12.6. The molecule has 132 valence electrons. The Hall–Kier alpha value is -3.19. The SMILES string of the molecule is COc1cccc(NC(=O)c2ccccc2NC(=O)c2cnc(C)s2)c1. The van der Waals surface area contributed by atoms with Crippen LogP contribution in [0.15, 0.2) is 54.7 Å². The molecule has 0 atom stereocenters. The van der Waals surface area contributed by atoms with Crippen LogP contribution in [0.25, 0.3) is 0 Å². The fourth-order valence-electron chi connectivity index (χ4n) is 2.34. The summed E-state index contributed by atoms with van der Waals surface area (Å²) in [5.41, 5.74) is 1.41. The highest BCUT2D eigenvalue weighted by Crippen LogP contribution is 2.21. The molecule has 3 rings (SSSR count). The summed E-state index contributed by atoms with van der Waals surface area (Å²) in [5.74, 6) is 0.0248. The summed E-state index contributed by atoms with van der Waals surface area (Å²) in [5, 5.41) is 6.39. The molecule has 0 bridgehead atoms. The highest BCUT2D eigenvalue weighted by molar-refractivity contribution is 7.13. The highest BCUT2D eigenvalue weighted by atomic mass is 32.1. The quantitative estimate of drug-likeness (QED) is 0.715. The van der Waals surface area contributed by atoms with Crippen LogP contribution in [-0.4, -0.2) is 23.9 Å². The number of para-hydroxylation sites is 1. The van der Waals surface area contributed by atoms with Gasteiger partial charge in [-0.3, -0.25) is 9.59 Å². The standard InChI is InChI=1S/C19H17N3O3S/c1-12-20-11-17(26-12)19(24)22-16-9-4-3-8-15(16)18(23)21-13-6-5-7-14(10-13)25-2/h3-11H,1-2H3,(H,21,23)(H,22,24). The number of nitrogens with one attached hydrogen (secondary N) is 2. The molecular weight excluding hydrogens is 350 g/mol. The molecule has 1 aromatic heterocycles. The minimum absolute atomic E-state index is 0.294. The van der Waals surface area contributed by atoms with Crippen molar-refractivity contribution in [2.24, 2.45) is 0 Å². The van der Waals surface area contributed by atoms with Gasteiger partial charge in [-0.2, -0.15) is 0 Å². The Labute approximate surface area is 154 Å². The molecule has 0 aliphatic rings. The van der Waals surface area contributed by atoms with Crippen LogP contribution in [0.2, 0.25) is 0 Å². The van der Waals surface area contributed by atoms with E-state index < -0.39 is 0 Å². The average molecular weight is 367 g/mol. The van der Waals surface area contributed by atoms with Gasteiger partial charge in [-0.15, -0.1) is 11.3 Å². The Balaban J connectivity index is 1.79. The van der Waals surface area contributed by atoms with Crippen LogP contribution in [0.1, 0.15) is 25.0 Å². The molecule has 2 N–H and O–H groups in total. The largest absolute Gasteiger partial charge is 0.497 e. The van der Waals surface area contributed by atoms with E-state index in [9.17, 15) is 9.59 Å². The first-order valence-corrected chi connectivity index (χ1v) is 8.66. The van der Waals surface area contributed by atoms with Crippen molar-refractivity contribution in [3.8, 4) is 5.75 Å². The number of thiazole rings is 1. The molecule has 0 fully saturated rings. The van der Waals surface area contributed by atoms with Crippen molar-refractivity contribution in [3.05, 3.63) is 70.2 Å². The van der Waals surface area contributed by atoms with Gasteiger partial charge in [0.2, 0.25) is 0 Å². The fraction of sp³-hybridized carbons (Fsp3) is 0.105. The second-order valence-corrected chi connectivity index (χ2v) is 6.66. The van der Waals surface area contributed by atoms with Crippen molar-refractivity contribution >= 4 is 34.5 Å². The molecule has 2 amide bonds. The van der Waals surface area contributed by atoms with Crippen LogP contribution in [0, 0.1) is 6.92 Å². The van der Waals surface area contributed by atoms with E-state index in [0.29, 0.717) is 27.6 Å². The topological polar surface area (TPSA) is 80.3 Å². The lowest BCUT2D eigenvalue weighted by molar-refractivity contribution is 0.102. The molecule has 0 saturated carbocycles. The molecule has 0 spiro atoms. The number of amides is 2. The number of rotatable bonds is 5. The van der Waals surface area contributed by atoms with Gasteiger partial charge in [0.15, 0.2) is 0 Å². The van der Waals surface area contributed by atoms with Gasteiger partial charge in [-0.1, -0.05) is 18.2 Å². The Kier molecular flexibility index (Phi) is 5.28. The molecule has 0 aliphatic heterocycles. The molecule has 26 heavy (non-hydrogen) atoms. The Morgan fingerprint density at radius 2 is 1.85 bits per heavy atom. The number of aryl methyl sites for hydroxylation is 1. The van der Waals surface area contributed by atoms with E-state index in [0.717, 1.165) is 5.01 Å². The van der Waals surface area contributed by atoms with E-state index in [1.807, 2.05) is 6.92 Å². The van der Waals surface area contributed by atoms with E-state index in [1.165, 1.54) is 17.5 Å². The molecule has 3 aromatic rings. The number of hydrogen-bond donors (Lipinski definition) is 2. The third kappa shape index (κ3) is 4.07. The third-order valence-corrected chi connectivity index (χ3v) is 4.50. The minimum atomic E-state index is -0.324. The number of anilines is 2. The Morgan fingerprint density at radius 3 is 2.58 bits per heavy atom. The number of carbonyl (C=O) groups is 2. The molecule has 6 nitrogen and oxygen atoms in total. The predicted octanol–water partition coefficient (Wildman–Crippen LogP) is 3.96. The highest BCUT2D eigenvalue weighted by Gasteiger charge is 2.15. The summed E-state index contributed by atoms with van der Waals surface area (Å²) >= 11 is 1.30. The molecular formula is C19H17N3O3S. The number of carbonyl (C=O) groups excluding carboxylic acids is 2. The second kappa shape index (κ2) is 7.79. The zero-order valence-electron chi connectivity index (χ0n) is 14.3. The van der Waals surface area contributed by atoms with Gasteiger partial charge in [0.1, 0.15) is 10.6 Å². The number of hydrogen-bond acceptors (Lipinski definition) is 5. The molecule has 7 heteroatoms. The summed E-state index contributed by atoms with van der Waals surface area (Å²) in [4.78, 5) is 29.6. The van der Waals surface area contributed by atoms with Gasteiger partial charge in [0.25, 0.3) is 11.8 Å². The van der Waals surface area contributed by atoms with Crippen LogP contribution in [-0.2, 0) is 0 Å². The lowest BCUT2D eigenvalue weighted by Crippen LogP contribution is -2.17. The zero-order chi connectivity index (χ0) is 18.5. The van der Waals surface area contributed by atoms with Crippen molar-refractivity contribution in [1.82, 2.24) is 4.98 Å². The number of methoxy groups -OCH3 is 1. The van der Waals surface area contributed by atoms with Gasteiger partial charge in [0.05, 0.1) is 29.6 Å². The maximum atomic E-state index is 12.6. The average Bonchev–Trinajstić information content (AvgIpc) is 3.09. The molecule has 0 radical (unpaired) electrons. The summed E-state index contributed by atoms with van der Waals surface area (Å²) in [6.45, 7) is 1.83. The van der Waals surface area contributed by atoms with Gasteiger partial charge in [-0.05, 0) is 31.2 Å². The molecule has 0 saturated heterocycles. The first kappa shape index (κ1) is 17.6. The molecule has 0 unspecified atom stereocenters. The van der Waals surface area contributed by atoms with E-state index in [2.05, 4.69) is 15.6 Å². The number of ether oxygens (including phenoxy) is 1. The Bertz CT molecular complexity index is 952. The first-order valence-electron chi connectivity index (χ1n) is 7.85. The van der Waals surface area contributed by atoms with Crippen LogP contribution < -0.4 is 15.4 Å². The summed E-state index contributed by atoms with van der Waals surface area (Å²) < 4.78 is 5.16. The van der Waals surface area contributed by atoms with Gasteiger partial charge >= 0.3 is 0 Å². The predicted molar refractivity (Wildman–Crippen MR) is 102 cm³/mol. The number of nitrogens with zero attached hydrogens (tertiary/aromatic N) is 1. The van der Waals surface area contributed by atoms with Crippen molar-refractivity contribution < 1.29 is 14.3 Å². The van der Waals surface area contributed by atoms with Gasteiger partial charge in [-0.25, -0.2) is 4.98 Å². The maximum Gasteiger partial charge on any atom is 0.267 e. The molecule has 2 aromatic carbocycles. The van der Waals surface area contributed by atoms with Crippen molar-refractivity contribution in [2.45, 2.75) is 6.92 Å². The summed E-state index contributed by atoms with van der Waals surface area (Å²) in [7, 11) is 1.56. The monoisotopic (exact) mass is 367 g/mol. The second-order valence-electron chi connectivity index (χ2n) is 5.43. The maximum absolute atomic E-state index is 12.6. The molecule has 1 heterocycles. The van der Waals surface area contributed by atoms with E-state index in [1.54, 1.807) is 55.6 Å². The number of aromatic nitrogens is 1. The van der Waals surface area contributed by atoms with Crippen LogP contribution >= 0.6 is 11.3 Å². The van der Waals surface area contributed by atoms with E-state index in [4.69, 9.17) is 4.74 Å². The normalized spacial score (nSPS) is 10.2. The van der Waals surface area contributed by atoms with Gasteiger partial charge in [0, 0.05) is 11.8 Å². The number of benzene rings is 2. The summed E-state index contributed by atoms with van der Waals surface area (Å²) in [6.07, 6.45) is 1.52. The van der Waals surface area contributed by atoms with E-state index >= 15 is 0 Å². The van der Waals surface area contributed by atoms with Crippen LogP contribution in [0.4, 0.5) is 11.4 Å². The lowest BCUT2D eigenvalue weighted by Gasteiger charge is -2.11. The van der Waals surface area contributed by atoms with Crippen molar-refractivity contribution in [1.29, 1.82) is 0 Å². The summed E-state index contributed by atoms with van der Waals surface area (Å²) in [6, 6.07) is 13.9. The van der Waals surface area contributed by atoms with Crippen molar-refractivity contribution in [2.75, 3.05) is 17.7 Å².